The van der Waals surface area contributed by atoms with Crippen molar-refractivity contribution in [3.8, 4) is 17.0 Å². The van der Waals surface area contributed by atoms with Crippen molar-refractivity contribution in [1.29, 1.82) is 0 Å². The van der Waals surface area contributed by atoms with Crippen LogP contribution in [0.5, 0.6) is 5.75 Å². The Morgan fingerprint density at radius 3 is 2.10 bits per heavy atom. The fourth-order valence-corrected chi connectivity index (χ4v) is 1.91. The molecule has 0 aliphatic rings. The molecule has 0 unspecified atom stereocenters. The van der Waals surface area contributed by atoms with Gasteiger partial charge in [-0.15, -0.1) is 0 Å². The number of aromatic amines is 1. The normalized spacial score (nSPS) is 10.0. The van der Waals surface area contributed by atoms with Crippen molar-refractivity contribution >= 4 is 11.9 Å². The van der Waals surface area contributed by atoms with E-state index in [1.165, 1.54) is 14.2 Å². The summed E-state index contributed by atoms with van der Waals surface area (Å²) in [6.45, 7) is 0. The zero-order valence-corrected chi connectivity index (χ0v) is 11.9. The lowest BCUT2D eigenvalue weighted by atomic mass is 10.1. The molecule has 0 bridgehead atoms. The Labute approximate surface area is 121 Å². The Balaban J connectivity index is 2.46. The highest BCUT2D eigenvalue weighted by Gasteiger charge is 2.22. The van der Waals surface area contributed by atoms with E-state index < -0.39 is 11.9 Å². The Morgan fingerprint density at radius 2 is 1.57 bits per heavy atom. The zero-order valence-electron chi connectivity index (χ0n) is 11.9. The second-order valence-corrected chi connectivity index (χ2v) is 4.18. The van der Waals surface area contributed by atoms with Crippen LogP contribution >= 0.6 is 0 Å². The Kier molecular flexibility index (Phi) is 4.27. The molecule has 2 rings (SSSR count). The maximum Gasteiger partial charge on any atom is 0.355 e. The van der Waals surface area contributed by atoms with Crippen molar-refractivity contribution in [1.82, 2.24) is 4.98 Å². The molecule has 0 amide bonds. The standard InChI is InChI=1S/C15H15NO5/c1-19-10-6-4-9(5-7-10)12-8-11(14(17)20-2)13(16-12)15(18)21-3/h4-8,16H,1-3H3. The fourth-order valence-electron chi connectivity index (χ4n) is 1.91. The summed E-state index contributed by atoms with van der Waals surface area (Å²) in [6.07, 6.45) is 0. The first-order valence-electron chi connectivity index (χ1n) is 6.14. The molecule has 1 aromatic carbocycles. The molecule has 0 fully saturated rings. The molecule has 21 heavy (non-hydrogen) atoms. The summed E-state index contributed by atoms with van der Waals surface area (Å²) in [5, 5.41) is 0. The number of hydrogen-bond acceptors (Lipinski definition) is 5. The molecule has 2 aromatic rings. The molecule has 110 valence electrons. The van der Waals surface area contributed by atoms with Gasteiger partial charge in [-0.05, 0) is 35.9 Å². The molecule has 6 nitrogen and oxygen atoms in total. The number of H-pyrrole nitrogens is 1. The molecule has 0 radical (unpaired) electrons. The minimum atomic E-state index is -0.629. The van der Waals surface area contributed by atoms with Crippen molar-refractivity contribution in [2.24, 2.45) is 0 Å². The third kappa shape index (κ3) is 2.89. The van der Waals surface area contributed by atoms with Crippen LogP contribution in [0.4, 0.5) is 0 Å². The lowest BCUT2D eigenvalue weighted by molar-refractivity contribution is 0.0552. The van der Waals surface area contributed by atoms with Gasteiger partial charge < -0.3 is 19.2 Å². The first-order chi connectivity index (χ1) is 10.1. The van der Waals surface area contributed by atoms with Crippen LogP contribution < -0.4 is 4.74 Å². The zero-order chi connectivity index (χ0) is 15.4. The second kappa shape index (κ2) is 6.13. The molecular formula is C15H15NO5. The maximum atomic E-state index is 11.7. The van der Waals surface area contributed by atoms with E-state index in [-0.39, 0.29) is 11.3 Å². The van der Waals surface area contributed by atoms with Crippen LogP contribution in [0.15, 0.2) is 30.3 Å². The van der Waals surface area contributed by atoms with Gasteiger partial charge in [0.15, 0.2) is 0 Å². The topological polar surface area (TPSA) is 77.6 Å². The van der Waals surface area contributed by atoms with Crippen molar-refractivity contribution in [2.45, 2.75) is 0 Å². The first kappa shape index (κ1) is 14.6. The van der Waals surface area contributed by atoms with Gasteiger partial charge in [0.2, 0.25) is 0 Å². The smallest absolute Gasteiger partial charge is 0.355 e. The van der Waals surface area contributed by atoms with Gasteiger partial charge in [-0.25, -0.2) is 9.59 Å². The molecule has 0 aliphatic heterocycles. The maximum absolute atomic E-state index is 11.7. The number of rotatable bonds is 4. The molecule has 0 saturated carbocycles. The van der Waals surface area contributed by atoms with Crippen LogP contribution in [0.3, 0.4) is 0 Å². The van der Waals surface area contributed by atoms with E-state index >= 15 is 0 Å². The molecule has 0 saturated heterocycles. The lowest BCUT2D eigenvalue weighted by Crippen LogP contribution is -2.10. The molecule has 1 N–H and O–H groups in total. The first-order valence-corrected chi connectivity index (χ1v) is 6.14. The molecule has 1 aromatic heterocycles. The largest absolute Gasteiger partial charge is 0.497 e. The van der Waals surface area contributed by atoms with Crippen molar-refractivity contribution in [3.05, 3.63) is 41.6 Å². The third-order valence-corrected chi connectivity index (χ3v) is 3.01. The number of benzene rings is 1. The van der Waals surface area contributed by atoms with Crippen LogP contribution in [0.25, 0.3) is 11.3 Å². The van der Waals surface area contributed by atoms with Gasteiger partial charge in [0.25, 0.3) is 0 Å². The number of aromatic nitrogens is 1. The van der Waals surface area contributed by atoms with E-state index in [2.05, 4.69) is 14.5 Å². The summed E-state index contributed by atoms with van der Waals surface area (Å²) < 4.78 is 14.4. The number of methoxy groups -OCH3 is 3. The number of esters is 2. The van der Waals surface area contributed by atoms with Gasteiger partial charge >= 0.3 is 11.9 Å². The average Bonchev–Trinajstić information content (AvgIpc) is 2.98. The second-order valence-electron chi connectivity index (χ2n) is 4.18. The number of hydrogen-bond donors (Lipinski definition) is 1. The summed E-state index contributed by atoms with van der Waals surface area (Å²) in [7, 11) is 4.08. The fraction of sp³-hybridized carbons (Fsp3) is 0.200. The molecule has 0 aliphatic carbocycles. The van der Waals surface area contributed by atoms with Crippen molar-refractivity contribution in [3.63, 3.8) is 0 Å². The molecule has 6 heteroatoms. The van der Waals surface area contributed by atoms with Gasteiger partial charge in [0, 0.05) is 5.69 Å². The highest BCUT2D eigenvalue weighted by molar-refractivity contribution is 6.03. The summed E-state index contributed by atoms with van der Waals surface area (Å²) >= 11 is 0. The van der Waals surface area contributed by atoms with Gasteiger partial charge in [-0.3, -0.25) is 0 Å². The summed E-state index contributed by atoms with van der Waals surface area (Å²) in [6, 6.07) is 8.75. The van der Waals surface area contributed by atoms with Gasteiger partial charge in [0.1, 0.15) is 11.4 Å². The monoisotopic (exact) mass is 289 g/mol. The highest BCUT2D eigenvalue weighted by Crippen LogP contribution is 2.25. The summed E-state index contributed by atoms with van der Waals surface area (Å²) in [5.41, 5.74) is 1.61. The predicted octanol–water partition coefficient (Wildman–Crippen LogP) is 2.26. The number of ether oxygens (including phenoxy) is 3. The van der Waals surface area contributed by atoms with Crippen LogP contribution in [-0.2, 0) is 9.47 Å². The molecule has 1 heterocycles. The molecular weight excluding hydrogens is 274 g/mol. The van der Waals surface area contributed by atoms with Gasteiger partial charge in [0.05, 0.1) is 26.9 Å². The minimum Gasteiger partial charge on any atom is -0.497 e. The van der Waals surface area contributed by atoms with E-state index in [9.17, 15) is 9.59 Å². The third-order valence-electron chi connectivity index (χ3n) is 3.01. The Morgan fingerprint density at radius 1 is 0.952 bits per heavy atom. The number of carbonyl (C=O) groups excluding carboxylic acids is 2. The van der Waals surface area contributed by atoms with Gasteiger partial charge in [-0.1, -0.05) is 0 Å². The average molecular weight is 289 g/mol. The van der Waals surface area contributed by atoms with Crippen LogP contribution in [0, 0.1) is 0 Å². The highest BCUT2D eigenvalue weighted by atomic mass is 16.5. The van der Waals surface area contributed by atoms with Crippen molar-refractivity contribution < 1.29 is 23.8 Å². The Hall–Kier alpha value is -2.76. The lowest BCUT2D eigenvalue weighted by Gasteiger charge is -2.01. The van der Waals surface area contributed by atoms with Crippen LogP contribution in [0.2, 0.25) is 0 Å². The van der Waals surface area contributed by atoms with E-state index in [4.69, 9.17) is 4.74 Å². The summed E-state index contributed by atoms with van der Waals surface area (Å²) in [5.74, 6) is -0.520. The van der Waals surface area contributed by atoms with Crippen molar-refractivity contribution in [2.75, 3.05) is 21.3 Å². The number of carbonyl (C=O) groups is 2. The van der Waals surface area contributed by atoms with E-state index in [0.717, 1.165) is 5.56 Å². The SMILES string of the molecule is COC(=O)c1cc(-c2ccc(OC)cc2)[nH]c1C(=O)OC. The van der Waals surface area contributed by atoms with E-state index in [1.807, 2.05) is 12.1 Å². The van der Waals surface area contributed by atoms with E-state index in [1.54, 1.807) is 25.3 Å². The quantitative estimate of drug-likeness (QED) is 0.874. The number of nitrogens with one attached hydrogen (secondary N) is 1. The van der Waals surface area contributed by atoms with E-state index in [0.29, 0.717) is 11.4 Å². The van der Waals surface area contributed by atoms with Crippen LogP contribution in [-0.4, -0.2) is 38.3 Å². The minimum absolute atomic E-state index is 0.0650. The predicted molar refractivity (Wildman–Crippen MR) is 75.5 cm³/mol. The molecule has 0 spiro atoms. The molecule has 0 atom stereocenters. The Bertz CT molecular complexity index is 624. The van der Waals surface area contributed by atoms with Crippen LogP contribution in [0.1, 0.15) is 20.8 Å². The van der Waals surface area contributed by atoms with Gasteiger partial charge in [-0.2, -0.15) is 0 Å². The summed E-state index contributed by atoms with van der Waals surface area (Å²) in [4.78, 5) is 26.3.